The Labute approximate surface area is 83.4 Å². The number of carbonyl (C=O) groups is 1. The summed E-state index contributed by atoms with van der Waals surface area (Å²) in [7, 11) is 0. The fourth-order valence-corrected chi connectivity index (χ4v) is 0.968. The molecule has 1 heterocycles. The molecule has 0 saturated heterocycles. The van der Waals surface area contributed by atoms with Crippen LogP contribution in [-0.2, 0) is 10.3 Å². The summed E-state index contributed by atoms with van der Waals surface area (Å²) in [5.41, 5.74) is 5.81. The number of rotatable bonds is 2. The smallest absolute Gasteiger partial charge is 0.241 e. The van der Waals surface area contributed by atoms with Crippen molar-refractivity contribution >= 4 is 12.0 Å². The zero-order valence-electron chi connectivity index (χ0n) is 8.69. The maximum atomic E-state index is 10.5. The zero-order valence-corrected chi connectivity index (χ0v) is 8.69. The molecule has 1 aromatic rings. The molecule has 0 aromatic carbocycles. The van der Waals surface area contributed by atoms with Crippen LogP contribution in [0.5, 0.6) is 0 Å². The molecule has 0 bridgehead atoms. The van der Waals surface area contributed by atoms with E-state index in [0.29, 0.717) is 0 Å². The molecule has 0 fully saturated rings. The minimum Gasteiger partial charge on any atom is -0.366 e. The topological polar surface area (TPSA) is 60.9 Å². The molecule has 0 aliphatic heterocycles. The van der Waals surface area contributed by atoms with Crippen LogP contribution in [0.3, 0.4) is 0 Å². The first kappa shape index (κ1) is 10.5. The second-order valence-corrected chi connectivity index (χ2v) is 4.12. The summed E-state index contributed by atoms with van der Waals surface area (Å²) in [6.07, 6.45) is 6.55. The Morgan fingerprint density at radius 3 is 2.64 bits per heavy atom. The van der Waals surface area contributed by atoms with Crippen LogP contribution in [0, 0.1) is 0 Å². The van der Waals surface area contributed by atoms with Crippen LogP contribution in [0.4, 0.5) is 0 Å². The van der Waals surface area contributed by atoms with Gasteiger partial charge in [0, 0.05) is 17.8 Å². The van der Waals surface area contributed by atoms with E-state index in [0.717, 1.165) is 5.56 Å². The Balaban J connectivity index is 2.84. The van der Waals surface area contributed by atoms with E-state index in [2.05, 4.69) is 25.9 Å². The molecule has 0 aliphatic carbocycles. The van der Waals surface area contributed by atoms with Crippen LogP contribution in [0.2, 0.25) is 0 Å². The number of aromatic nitrogens is 2. The third-order valence-corrected chi connectivity index (χ3v) is 1.73. The molecule has 0 saturated carbocycles. The van der Waals surface area contributed by atoms with Gasteiger partial charge in [-0.15, -0.1) is 0 Å². The molecule has 76 valence electrons. The van der Waals surface area contributed by atoms with E-state index in [1.54, 1.807) is 12.3 Å². The van der Waals surface area contributed by atoms with E-state index >= 15 is 0 Å². The zero-order chi connectivity index (χ0) is 10.8. The minimum absolute atomic E-state index is 0.0428. The van der Waals surface area contributed by atoms with Crippen LogP contribution in [0.1, 0.15) is 26.3 Å². The lowest BCUT2D eigenvalue weighted by molar-refractivity contribution is -0.113. The Morgan fingerprint density at radius 1 is 1.57 bits per heavy atom. The molecule has 0 unspecified atom stereocenters. The Hall–Kier alpha value is -1.58. The normalized spacial score (nSPS) is 12.2. The summed E-state index contributed by atoms with van der Waals surface area (Å²) in [5.74, 6) is -0.450. The Morgan fingerprint density at radius 2 is 2.21 bits per heavy atom. The van der Waals surface area contributed by atoms with Crippen LogP contribution in [0.25, 0.3) is 6.08 Å². The quantitative estimate of drug-likeness (QED) is 0.716. The molecule has 2 N–H and O–H groups in total. The van der Waals surface area contributed by atoms with Crippen LogP contribution >= 0.6 is 0 Å². The molecule has 0 aliphatic rings. The molecule has 1 rings (SSSR count). The molecule has 0 spiro atoms. The number of primary amides is 1. The van der Waals surface area contributed by atoms with Crippen molar-refractivity contribution in [2.24, 2.45) is 5.73 Å². The van der Waals surface area contributed by atoms with Crippen LogP contribution in [-0.4, -0.2) is 15.7 Å². The Kier molecular flexibility index (Phi) is 2.74. The van der Waals surface area contributed by atoms with E-state index in [1.165, 1.54) is 6.08 Å². The van der Waals surface area contributed by atoms with E-state index in [9.17, 15) is 4.79 Å². The molecular formula is C10H15N3O. The molecule has 4 nitrogen and oxygen atoms in total. The van der Waals surface area contributed by atoms with E-state index in [4.69, 9.17) is 5.73 Å². The van der Waals surface area contributed by atoms with Gasteiger partial charge in [0.15, 0.2) is 0 Å². The van der Waals surface area contributed by atoms with Crippen molar-refractivity contribution in [3.05, 3.63) is 24.0 Å². The summed E-state index contributed by atoms with van der Waals surface area (Å²) in [4.78, 5) is 10.5. The van der Waals surface area contributed by atoms with Gasteiger partial charge < -0.3 is 5.73 Å². The molecule has 4 heteroatoms. The van der Waals surface area contributed by atoms with Gasteiger partial charge in [0.2, 0.25) is 5.91 Å². The third-order valence-electron chi connectivity index (χ3n) is 1.73. The lowest BCUT2D eigenvalue weighted by atomic mass is 10.1. The SMILES string of the molecule is CC(C)(C)n1cc(C=CC(N)=O)cn1. The van der Waals surface area contributed by atoms with E-state index < -0.39 is 5.91 Å². The van der Waals surface area contributed by atoms with Gasteiger partial charge >= 0.3 is 0 Å². The molecule has 0 atom stereocenters. The molecule has 0 radical (unpaired) electrons. The van der Waals surface area contributed by atoms with Crippen molar-refractivity contribution in [2.75, 3.05) is 0 Å². The van der Waals surface area contributed by atoms with Crippen LogP contribution in [0.15, 0.2) is 18.5 Å². The van der Waals surface area contributed by atoms with Crippen molar-refractivity contribution < 1.29 is 4.79 Å². The fourth-order valence-electron chi connectivity index (χ4n) is 0.968. The summed E-state index contributed by atoms with van der Waals surface area (Å²) in [6.45, 7) is 6.17. The van der Waals surface area contributed by atoms with Crippen LogP contribution < -0.4 is 5.73 Å². The van der Waals surface area contributed by atoms with Crippen molar-refractivity contribution in [3.8, 4) is 0 Å². The maximum absolute atomic E-state index is 10.5. The molecule has 14 heavy (non-hydrogen) atoms. The highest BCUT2D eigenvalue weighted by Gasteiger charge is 2.12. The second-order valence-electron chi connectivity index (χ2n) is 4.12. The van der Waals surface area contributed by atoms with Gasteiger partial charge in [0.1, 0.15) is 0 Å². The number of carbonyl (C=O) groups excluding carboxylic acids is 1. The molecule has 1 amide bonds. The summed E-state index contributed by atoms with van der Waals surface area (Å²) < 4.78 is 1.84. The lowest BCUT2D eigenvalue weighted by Gasteiger charge is -2.18. The summed E-state index contributed by atoms with van der Waals surface area (Å²) >= 11 is 0. The maximum Gasteiger partial charge on any atom is 0.241 e. The first-order valence-corrected chi connectivity index (χ1v) is 4.42. The van der Waals surface area contributed by atoms with Gasteiger partial charge in [0.05, 0.1) is 11.7 Å². The average Bonchev–Trinajstić information content (AvgIpc) is 2.47. The Bertz CT molecular complexity index is 358. The number of nitrogens with two attached hydrogens (primary N) is 1. The molecule has 1 aromatic heterocycles. The number of nitrogens with zero attached hydrogens (tertiary/aromatic N) is 2. The average molecular weight is 193 g/mol. The highest BCUT2D eigenvalue weighted by molar-refractivity contribution is 5.90. The predicted molar refractivity (Wildman–Crippen MR) is 55.5 cm³/mol. The van der Waals surface area contributed by atoms with Crippen molar-refractivity contribution in [3.63, 3.8) is 0 Å². The van der Waals surface area contributed by atoms with Gasteiger partial charge in [-0.3, -0.25) is 9.48 Å². The first-order chi connectivity index (χ1) is 6.39. The highest BCUT2D eigenvalue weighted by atomic mass is 16.1. The van der Waals surface area contributed by atoms with Crippen molar-refractivity contribution in [2.45, 2.75) is 26.3 Å². The van der Waals surface area contributed by atoms with E-state index in [1.807, 2.05) is 10.9 Å². The second kappa shape index (κ2) is 3.65. The monoisotopic (exact) mass is 193 g/mol. The first-order valence-electron chi connectivity index (χ1n) is 4.42. The lowest BCUT2D eigenvalue weighted by Crippen LogP contribution is -2.21. The fraction of sp³-hybridized carbons (Fsp3) is 0.400. The number of hydrogen-bond acceptors (Lipinski definition) is 2. The van der Waals surface area contributed by atoms with Gasteiger partial charge in [-0.25, -0.2) is 0 Å². The largest absolute Gasteiger partial charge is 0.366 e. The highest BCUT2D eigenvalue weighted by Crippen LogP contribution is 2.13. The number of amides is 1. The predicted octanol–water partition coefficient (Wildman–Crippen LogP) is 1.14. The van der Waals surface area contributed by atoms with Gasteiger partial charge in [-0.2, -0.15) is 5.10 Å². The van der Waals surface area contributed by atoms with Gasteiger partial charge in [-0.05, 0) is 26.8 Å². The molecular weight excluding hydrogens is 178 g/mol. The van der Waals surface area contributed by atoms with Gasteiger partial charge in [0.25, 0.3) is 0 Å². The standard InChI is InChI=1S/C10H15N3O/c1-10(2,3)13-7-8(6-12-13)4-5-9(11)14/h4-7H,1-3H3,(H2,11,14). The summed E-state index contributed by atoms with van der Waals surface area (Å²) in [6, 6.07) is 0. The summed E-state index contributed by atoms with van der Waals surface area (Å²) in [5, 5.41) is 4.18. The van der Waals surface area contributed by atoms with Gasteiger partial charge in [-0.1, -0.05) is 0 Å². The third kappa shape index (κ3) is 2.73. The van der Waals surface area contributed by atoms with Crippen molar-refractivity contribution in [1.82, 2.24) is 9.78 Å². The number of hydrogen-bond donors (Lipinski definition) is 1. The van der Waals surface area contributed by atoms with Crippen molar-refractivity contribution in [1.29, 1.82) is 0 Å². The van der Waals surface area contributed by atoms with E-state index in [-0.39, 0.29) is 5.54 Å². The minimum atomic E-state index is -0.450.